The minimum Gasteiger partial charge on any atom is -0.493 e. The summed E-state index contributed by atoms with van der Waals surface area (Å²) in [6.45, 7) is 0.498. The summed E-state index contributed by atoms with van der Waals surface area (Å²) in [6.07, 6.45) is 3.29. The molecule has 0 radical (unpaired) electrons. The number of ether oxygens (including phenoxy) is 4. The molecule has 176 valence electrons. The van der Waals surface area contributed by atoms with Gasteiger partial charge in [0, 0.05) is 11.0 Å². The van der Waals surface area contributed by atoms with Crippen molar-refractivity contribution >= 4 is 22.7 Å². The van der Waals surface area contributed by atoms with Gasteiger partial charge in [-0.1, -0.05) is 12.1 Å². The molecule has 34 heavy (non-hydrogen) atoms. The van der Waals surface area contributed by atoms with Crippen molar-refractivity contribution in [1.29, 1.82) is 0 Å². The Hall–Kier alpha value is -3.52. The lowest BCUT2D eigenvalue weighted by Gasteiger charge is -2.11. The zero-order chi connectivity index (χ0) is 23.8. The van der Waals surface area contributed by atoms with Crippen LogP contribution in [-0.2, 0) is 0 Å². The largest absolute Gasteiger partial charge is 0.493 e. The summed E-state index contributed by atoms with van der Waals surface area (Å²) in [4.78, 5) is 9.73. The highest BCUT2D eigenvalue weighted by Crippen LogP contribution is 2.36. The zero-order valence-electron chi connectivity index (χ0n) is 19.0. The minimum atomic E-state index is -0.326. The van der Waals surface area contributed by atoms with Crippen LogP contribution in [0.2, 0.25) is 0 Å². The number of nitrogens with zero attached hydrogens (tertiary/aromatic N) is 2. The maximum atomic E-state index is 13.5. The number of benzene rings is 3. The first-order chi connectivity index (χ1) is 16.7. The van der Waals surface area contributed by atoms with E-state index < -0.39 is 0 Å². The fourth-order valence-electron chi connectivity index (χ4n) is 3.29. The Morgan fingerprint density at radius 2 is 1.62 bits per heavy atom. The van der Waals surface area contributed by atoms with Crippen molar-refractivity contribution in [2.45, 2.75) is 17.7 Å². The normalized spacial score (nSPS) is 10.8. The van der Waals surface area contributed by atoms with E-state index in [1.165, 1.54) is 12.4 Å². The summed E-state index contributed by atoms with van der Waals surface area (Å²) in [5.41, 5.74) is 0.703. The highest BCUT2D eigenvalue weighted by molar-refractivity contribution is 7.99. The van der Waals surface area contributed by atoms with Crippen molar-refractivity contribution in [1.82, 2.24) is 9.97 Å². The highest BCUT2D eigenvalue weighted by Gasteiger charge is 2.12. The monoisotopic (exact) mass is 480 g/mol. The third kappa shape index (κ3) is 5.88. The van der Waals surface area contributed by atoms with Crippen LogP contribution in [0.3, 0.4) is 0 Å². The van der Waals surface area contributed by atoms with E-state index in [9.17, 15) is 4.39 Å². The van der Waals surface area contributed by atoms with Gasteiger partial charge in [-0.2, -0.15) is 0 Å². The van der Waals surface area contributed by atoms with Gasteiger partial charge in [-0.05, 0) is 61.1 Å². The third-order valence-corrected chi connectivity index (χ3v) is 6.14. The number of fused-ring (bicyclic) bond motifs is 1. The molecular weight excluding hydrogens is 455 g/mol. The lowest BCUT2D eigenvalue weighted by atomic mass is 10.2. The fourth-order valence-corrected chi connectivity index (χ4v) is 4.21. The van der Waals surface area contributed by atoms with Gasteiger partial charge >= 0.3 is 0 Å². The van der Waals surface area contributed by atoms with Crippen molar-refractivity contribution in [3.63, 3.8) is 0 Å². The molecule has 1 heterocycles. The highest BCUT2D eigenvalue weighted by atomic mass is 32.2. The van der Waals surface area contributed by atoms with Crippen molar-refractivity contribution in [2.24, 2.45) is 0 Å². The standard InChI is InChI=1S/C26H25FN2O4S/c1-30-24-15-20-22(16-25(24)31-2)28-17-29-26(20)33-18-9-11-19(12-10-18)34-14-6-5-13-32-23-8-4-3-7-21(23)27/h3-4,7-12,15-17H,5-6,13-14H2,1-2H3. The Kier molecular flexibility index (Phi) is 8.04. The van der Waals surface area contributed by atoms with Gasteiger partial charge < -0.3 is 18.9 Å². The number of halogens is 1. The van der Waals surface area contributed by atoms with E-state index in [0.29, 0.717) is 41.0 Å². The Morgan fingerprint density at radius 1 is 0.853 bits per heavy atom. The number of unbranched alkanes of at least 4 members (excludes halogenated alkanes) is 1. The van der Waals surface area contributed by atoms with Gasteiger partial charge in [-0.15, -0.1) is 11.8 Å². The number of rotatable bonds is 11. The molecule has 0 fully saturated rings. The van der Waals surface area contributed by atoms with Crippen LogP contribution in [0.1, 0.15) is 12.8 Å². The van der Waals surface area contributed by atoms with Gasteiger partial charge in [0.25, 0.3) is 0 Å². The molecule has 4 aromatic rings. The summed E-state index contributed by atoms with van der Waals surface area (Å²) in [5.74, 6) is 3.23. The molecule has 3 aromatic carbocycles. The molecule has 0 N–H and O–H groups in total. The van der Waals surface area contributed by atoms with Crippen LogP contribution in [-0.4, -0.2) is 36.5 Å². The minimum absolute atomic E-state index is 0.305. The van der Waals surface area contributed by atoms with Crippen LogP contribution in [0.4, 0.5) is 4.39 Å². The molecule has 0 atom stereocenters. The molecule has 6 nitrogen and oxygen atoms in total. The molecule has 0 unspecified atom stereocenters. The SMILES string of the molecule is COc1cc2ncnc(Oc3ccc(SCCCCOc4ccccc4F)cc3)c2cc1OC. The predicted octanol–water partition coefficient (Wildman–Crippen LogP) is 6.53. The lowest BCUT2D eigenvalue weighted by molar-refractivity contribution is 0.294. The number of para-hydroxylation sites is 1. The first-order valence-electron chi connectivity index (χ1n) is 10.8. The smallest absolute Gasteiger partial charge is 0.230 e. The second kappa shape index (κ2) is 11.6. The van der Waals surface area contributed by atoms with Gasteiger partial charge in [0.05, 0.1) is 31.7 Å². The number of hydrogen-bond donors (Lipinski definition) is 0. The molecule has 1 aromatic heterocycles. The van der Waals surface area contributed by atoms with E-state index in [2.05, 4.69) is 9.97 Å². The van der Waals surface area contributed by atoms with Crippen LogP contribution in [0.15, 0.2) is 71.9 Å². The van der Waals surface area contributed by atoms with Crippen molar-refractivity contribution in [3.8, 4) is 28.9 Å². The topological polar surface area (TPSA) is 62.7 Å². The average molecular weight is 481 g/mol. The second-order valence-electron chi connectivity index (χ2n) is 7.31. The van der Waals surface area contributed by atoms with Crippen LogP contribution >= 0.6 is 11.8 Å². The van der Waals surface area contributed by atoms with Crippen molar-refractivity contribution < 1.29 is 23.3 Å². The molecule has 0 aliphatic rings. The summed E-state index contributed by atoms with van der Waals surface area (Å²) < 4.78 is 35.8. The quantitative estimate of drug-likeness (QED) is 0.179. The van der Waals surface area contributed by atoms with E-state index in [-0.39, 0.29) is 5.82 Å². The van der Waals surface area contributed by atoms with Gasteiger partial charge in [-0.25, -0.2) is 14.4 Å². The van der Waals surface area contributed by atoms with Crippen LogP contribution in [0.25, 0.3) is 10.9 Å². The fraction of sp³-hybridized carbons (Fsp3) is 0.231. The van der Waals surface area contributed by atoms with Gasteiger partial charge in [-0.3, -0.25) is 0 Å². The summed E-state index contributed by atoms with van der Waals surface area (Å²) in [7, 11) is 3.17. The van der Waals surface area contributed by atoms with Crippen molar-refractivity contribution in [2.75, 3.05) is 26.6 Å². The number of methoxy groups -OCH3 is 2. The second-order valence-corrected chi connectivity index (χ2v) is 8.48. The maximum absolute atomic E-state index is 13.5. The Labute approximate surface area is 202 Å². The summed E-state index contributed by atoms with van der Waals surface area (Å²) in [6, 6.07) is 17.9. The number of aromatic nitrogens is 2. The molecule has 0 bridgehead atoms. The van der Waals surface area contributed by atoms with E-state index in [4.69, 9.17) is 18.9 Å². The average Bonchev–Trinajstić information content (AvgIpc) is 2.87. The van der Waals surface area contributed by atoms with E-state index in [1.54, 1.807) is 50.2 Å². The van der Waals surface area contributed by atoms with E-state index in [1.807, 2.05) is 30.3 Å². The molecule has 0 aliphatic carbocycles. The Balaban J connectivity index is 1.29. The van der Waals surface area contributed by atoms with Crippen LogP contribution < -0.4 is 18.9 Å². The molecule has 0 saturated carbocycles. The van der Waals surface area contributed by atoms with Crippen molar-refractivity contribution in [3.05, 3.63) is 72.8 Å². The Bertz CT molecular complexity index is 1240. The van der Waals surface area contributed by atoms with Crippen LogP contribution in [0, 0.1) is 5.82 Å². The van der Waals surface area contributed by atoms with Gasteiger partial charge in [0.1, 0.15) is 12.1 Å². The lowest BCUT2D eigenvalue weighted by Crippen LogP contribution is -1.99. The molecule has 4 rings (SSSR count). The molecule has 0 amide bonds. The molecule has 8 heteroatoms. The molecular formula is C26H25FN2O4S. The summed E-state index contributed by atoms with van der Waals surface area (Å²) in [5, 5.41) is 0.733. The molecule has 0 aliphatic heterocycles. The number of hydrogen-bond acceptors (Lipinski definition) is 7. The van der Waals surface area contributed by atoms with Gasteiger partial charge in [0.15, 0.2) is 23.1 Å². The third-order valence-electron chi connectivity index (χ3n) is 5.04. The molecule has 0 spiro atoms. The van der Waals surface area contributed by atoms with E-state index in [0.717, 1.165) is 28.9 Å². The first-order valence-corrected chi connectivity index (χ1v) is 11.8. The van der Waals surface area contributed by atoms with Crippen LogP contribution in [0.5, 0.6) is 28.9 Å². The van der Waals surface area contributed by atoms with E-state index >= 15 is 0 Å². The maximum Gasteiger partial charge on any atom is 0.230 e. The number of thioether (sulfide) groups is 1. The molecule has 0 saturated heterocycles. The predicted molar refractivity (Wildman–Crippen MR) is 131 cm³/mol. The Morgan fingerprint density at radius 3 is 2.38 bits per heavy atom. The van der Waals surface area contributed by atoms with Gasteiger partial charge in [0.2, 0.25) is 5.88 Å². The summed E-state index contributed by atoms with van der Waals surface area (Å²) >= 11 is 1.76. The first kappa shape index (κ1) is 23.6. The zero-order valence-corrected chi connectivity index (χ0v) is 19.8.